The van der Waals surface area contributed by atoms with Crippen LogP contribution in [0.15, 0.2) is 36.4 Å². The number of rotatable bonds is 5. The quantitative estimate of drug-likeness (QED) is 0.737. The van der Waals surface area contributed by atoms with Crippen molar-refractivity contribution < 1.29 is 14.3 Å². The van der Waals surface area contributed by atoms with Crippen LogP contribution in [0.4, 0.5) is 5.82 Å². The van der Waals surface area contributed by atoms with E-state index in [0.717, 1.165) is 45.0 Å². The number of nitrogens with zero attached hydrogens (tertiary/aromatic N) is 4. The molecular formula is C21H24N4O3. The molecule has 0 aliphatic carbocycles. The molecule has 0 radical (unpaired) electrons. The third-order valence-electron chi connectivity index (χ3n) is 4.85. The molecule has 146 valence electrons. The zero-order valence-corrected chi connectivity index (χ0v) is 16.2. The third-order valence-corrected chi connectivity index (χ3v) is 4.85. The van der Waals surface area contributed by atoms with Crippen LogP contribution in [0.25, 0.3) is 0 Å². The van der Waals surface area contributed by atoms with Gasteiger partial charge >= 0.3 is 5.97 Å². The minimum absolute atomic E-state index is 0.281. The van der Waals surface area contributed by atoms with Crippen molar-refractivity contribution in [1.29, 1.82) is 5.26 Å². The molecule has 0 N–H and O–H groups in total. The predicted molar refractivity (Wildman–Crippen MR) is 105 cm³/mol. The number of hydrogen-bond donors (Lipinski definition) is 0. The average molecular weight is 380 g/mol. The molecule has 1 aromatic carbocycles. The summed E-state index contributed by atoms with van der Waals surface area (Å²) in [6, 6.07) is 13.4. The largest absolute Gasteiger partial charge is 0.480 e. The Morgan fingerprint density at radius 3 is 2.57 bits per heavy atom. The lowest BCUT2D eigenvalue weighted by Gasteiger charge is -2.23. The number of aromatic nitrogens is 1. The number of pyridine rings is 1. The SMILES string of the molecule is COC(=O)c1ccc(N2CCCN(Cc3ccc(C#N)cc3)CC2)nc1OC. The molecule has 1 fully saturated rings. The van der Waals surface area contributed by atoms with Crippen LogP contribution < -0.4 is 9.64 Å². The summed E-state index contributed by atoms with van der Waals surface area (Å²) in [5.74, 6) is 0.619. The molecule has 0 amide bonds. The summed E-state index contributed by atoms with van der Waals surface area (Å²) in [5.41, 5.74) is 2.21. The third kappa shape index (κ3) is 4.59. The van der Waals surface area contributed by atoms with E-state index in [2.05, 4.69) is 20.9 Å². The van der Waals surface area contributed by atoms with Crippen molar-refractivity contribution in [3.63, 3.8) is 0 Å². The van der Waals surface area contributed by atoms with Gasteiger partial charge in [-0.3, -0.25) is 4.90 Å². The molecule has 0 saturated carbocycles. The van der Waals surface area contributed by atoms with Crippen molar-refractivity contribution in [3.8, 4) is 11.9 Å². The number of esters is 1. The van der Waals surface area contributed by atoms with Crippen LogP contribution in [0.5, 0.6) is 5.88 Å². The maximum absolute atomic E-state index is 11.8. The van der Waals surface area contributed by atoms with Crippen LogP contribution >= 0.6 is 0 Å². The van der Waals surface area contributed by atoms with Crippen molar-refractivity contribution in [2.24, 2.45) is 0 Å². The Balaban J connectivity index is 1.66. The monoisotopic (exact) mass is 380 g/mol. The minimum Gasteiger partial charge on any atom is -0.480 e. The fraction of sp³-hybridized carbons (Fsp3) is 0.381. The summed E-state index contributed by atoms with van der Waals surface area (Å²) in [6.45, 7) is 4.48. The van der Waals surface area contributed by atoms with Crippen LogP contribution in [-0.4, -0.2) is 56.3 Å². The Hall–Kier alpha value is -3.11. The smallest absolute Gasteiger partial charge is 0.343 e. The predicted octanol–water partition coefficient (Wildman–Crippen LogP) is 2.46. The number of carbonyl (C=O) groups is 1. The van der Waals surface area contributed by atoms with Gasteiger partial charge in [0.25, 0.3) is 0 Å². The van der Waals surface area contributed by atoms with Gasteiger partial charge < -0.3 is 14.4 Å². The summed E-state index contributed by atoms with van der Waals surface area (Å²) in [7, 11) is 2.84. The lowest BCUT2D eigenvalue weighted by atomic mass is 10.1. The second-order valence-electron chi connectivity index (χ2n) is 6.64. The van der Waals surface area contributed by atoms with E-state index >= 15 is 0 Å². The van der Waals surface area contributed by atoms with E-state index in [1.165, 1.54) is 19.8 Å². The molecule has 7 nitrogen and oxygen atoms in total. The van der Waals surface area contributed by atoms with E-state index in [1.54, 1.807) is 6.07 Å². The Bertz CT molecular complexity index is 861. The van der Waals surface area contributed by atoms with Gasteiger partial charge in [0.1, 0.15) is 11.4 Å². The highest BCUT2D eigenvalue weighted by molar-refractivity contribution is 5.92. The van der Waals surface area contributed by atoms with Crippen LogP contribution in [0, 0.1) is 11.3 Å². The van der Waals surface area contributed by atoms with E-state index in [9.17, 15) is 4.79 Å². The summed E-state index contributed by atoms with van der Waals surface area (Å²) in [4.78, 5) is 20.9. The molecular weight excluding hydrogens is 356 g/mol. The number of carbonyl (C=O) groups excluding carboxylic acids is 1. The number of anilines is 1. The molecule has 2 aromatic rings. The summed E-state index contributed by atoms with van der Waals surface area (Å²) < 4.78 is 10.1. The molecule has 2 heterocycles. The minimum atomic E-state index is -0.458. The summed E-state index contributed by atoms with van der Waals surface area (Å²) in [5, 5.41) is 8.92. The van der Waals surface area contributed by atoms with Gasteiger partial charge in [-0.05, 0) is 36.2 Å². The number of hydrogen-bond acceptors (Lipinski definition) is 7. The van der Waals surface area contributed by atoms with Gasteiger partial charge in [0, 0.05) is 32.7 Å². The first kappa shape index (κ1) is 19.6. The second kappa shape index (κ2) is 9.20. The molecule has 0 atom stereocenters. The van der Waals surface area contributed by atoms with E-state index in [-0.39, 0.29) is 5.88 Å². The van der Waals surface area contributed by atoms with Gasteiger partial charge in [0.2, 0.25) is 5.88 Å². The Kier molecular flexibility index (Phi) is 6.45. The Morgan fingerprint density at radius 2 is 1.89 bits per heavy atom. The maximum atomic E-state index is 11.8. The Labute approximate surface area is 165 Å². The number of benzene rings is 1. The standard InChI is InChI=1S/C21H24N4O3/c1-27-20-18(21(26)28-2)8-9-19(23-20)25-11-3-10-24(12-13-25)15-17-6-4-16(14-22)5-7-17/h4-9H,3,10-13,15H2,1-2H3. The van der Waals surface area contributed by atoms with Crippen LogP contribution in [0.1, 0.15) is 27.9 Å². The first-order chi connectivity index (χ1) is 13.6. The highest BCUT2D eigenvalue weighted by atomic mass is 16.5. The number of methoxy groups -OCH3 is 2. The normalized spacial score (nSPS) is 14.8. The average Bonchev–Trinajstić information content (AvgIpc) is 2.99. The van der Waals surface area contributed by atoms with Gasteiger partial charge in [-0.1, -0.05) is 12.1 Å². The molecule has 1 aliphatic heterocycles. The van der Waals surface area contributed by atoms with Gasteiger partial charge in [-0.25, -0.2) is 4.79 Å². The Morgan fingerprint density at radius 1 is 1.11 bits per heavy atom. The van der Waals surface area contributed by atoms with Crippen molar-refractivity contribution in [2.75, 3.05) is 45.3 Å². The summed E-state index contributed by atoms with van der Waals surface area (Å²) >= 11 is 0. The van der Waals surface area contributed by atoms with E-state index in [1.807, 2.05) is 30.3 Å². The van der Waals surface area contributed by atoms with Crippen molar-refractivity contribution in [1.82, 2.24) is 9.88 Å². The first-order valence-electron chi connectivity index (χ1n) is 9.24. The van der Waals surface area contributed by atoms with Crippen LogP contribution in [0.3, 0.4) is 0 Å². The number of ether oxygens (including phenoxy) is 2. The van der Waals surface area contributed by atoms with Crippen LogP contribution in [-0.2, 0) is 11.3 Å². The van der Waals surface area contributed by atoms with E-state index in [0.29, 0.717) is 11.1 Å². The molecule has 0 bridgehead atoms. The fourth-order valence-electron chi connectivity index (χ4n) is 3.33. The topological polar surface area (TPSA) is 78.7 Å². The van der Waals surface area contributed by atoms with Crippen molar-refractivity contribution >= 4 is 11.8 Å². The van der Waals surface area contributed by atoms with Crippen molar-refractivity contribution in [2.45, 2.75) is 13.0 Å². The van der Waals surface area contributed by atoms with Crippen LogP contribution in [0.2, 0.25) is 0 Å². The molecule has 0 unspecified atom stereocenters. The molecule has 0 spiro atoms. The van der Waals surface area contributed by atoms with Gasteiger partial charge in [-0.15, -0.1) is 0 Å². The van der Waals surface area contributed by atoms with E-state index < -0.39 is 5.97 Å². The van der Waals surface area contributed by atoms with E-state index in [4.69, 9.17) is 14.7 Å². The molecule has 1 saturated heterocycles. The molecule has 28 heavy (non-hydrogen) atoms. The van der Waals surface area contributed by atoms with Gasteiger partial charge in [-0.2, -0.15) is 10.2 Å². The number of nitriles is 1. The zero-order chi connectivity index (χ0) is 19.9. The molecule has 7 heteroatoms. The first-order valence-corrected chi connectivity index (χ1v) is 9.24. The summed E-state index contributed by atoms with van der Waals surface area (Å²) in [6.07, 6.45) is 1.01. The van der Waals surface area contributed by atoms with Gasteiger partial charge in [0.05, 0.1) is 25.9 Å². The maximum Gasteiger partial charge on any atom is 0.343 e. The second-order valence-corrected chi connectivity index (χ2v) is 6.64. The zero-order valence-electron chi connectivity index (χ0n) is 16.2. The highest BCUT2D eigenvalue weighted by Gasteiger charge is 2.20. The fourth-order valence-corrected chi connectivity index (χ4v) is 3.33. The molecule has 1 aliphatic rings. The van der Waals surface area contributed by atoms with Crippen molar-refractivity contribution in [3.05, 3.63) is 53.1 Å². The van der Waals surface area contributed by atoms with Gasteiger partial charge in [0.15, 0.2) is 0 Å². The highest BCUT2D eigenvalue weighted by Crippen LogP contribution is 2.23. The molecule has 3 rings (SSSR count). The lowest BCUT2D eigenvalue weighted by Crippen LogP contribution is -2.31. The molecule has 1 aromatic heterocycles. The lowest BCUT2D eigenvalue weighted by molar-refractivity contribution is 0.0596.